The summed E-state index contributed by atoms with van der Waals surface area (Å²) in [5, 5.41) is 0.981. The first-order valence-electron chi connectivity index (χ1n) is 7.44. The van der Waals surface area contributed by atoms with Crippen molar-refractivity contribution in [2.45, 2.75) is 19.5 Å². The summed E-state index contributed by atoms with van der Waals surface area (Å²) in [5.74, 6) is 0. The van der Waals surface area contributed by atoms with Crippen LogP contribution >= 0.6 is 12.2 Å². The summed E-state index contributed by atoms with van der Waals surface area (Å²) in [6.45, 7) is 3.92. The lowest BCUT2D eigenvalue weighted by Gasteiger charge is -2.38. The van der Waals surface area contributed by atoms with E-state index in [0.29, 0.717) is 0 Å². The molecule has 0 spiro atoms. The summed E-state index contributed by atoms with van der Waals surface area (Å²) in [6, 6.07) is 21.1. The van der Waals surface area contributed by atoms with Crippen molar-refractivity contribution in [2.75, 3.05) is 13.1 Å². The molecule has 0 amide bonds. The molecule has 2 aromatic rings. The number of rotatable bonds is 4. The first kappa shape index (κ1) is 14.1. The summed E-state index contributed by atoms with van der Waals surface area (Å²) in [6.07, 6.45) is 1.17. The quantitative estimate of drug-likeness (QED) is 0.795. The molecule has 1 aliphatic heterocycles. The molecule has 0 unspecified atom stereocenters. The van der Waals surface area contributed by atoms with Crippen LogP contribution < -0.4 is 0 Å². The number of hydrogen-bond acceptors (Lipinski definition) is 1. The van der Waals surface area contributed by atoms with Crippen molar-refractivity contribution in [3.05, 3.63) is 71.8 Å². The maximum atomic E-state index is 5.70. The summed E-state index contributed by atoms with van der Waals surface area (Å²) >= 11 is 5.70. The molecule has 2 aromatic carbocycles. The standard InChI is InChI=1S/C18H20N2S/c21-18-19(14-16-8-3-1-4-9-16)12-7-13-20(18)15-17-10-5-2-6-11-17/h1-6,8-11H,7,12-15H2. The Morgan fingerprint density at radius 3 is 1.57 bits per heavy atom. The monoisotopic (exact) mass is 296 g/mol. The van der Waals surface area contributed by atoms with Gasteiger partial charge in [0.15, 0.2) is 5.11 Å². The van der Waals surface area contributed by atoms with Crippen molar-refractivity contribution >= 4 is 17.3 Å². The Labute approximate surface area is 132 Å². The van der Waals surface area contributed by atoms with E-state index < -0.39 is 0 Å². The lowest BCUT2D eigenvalue weighted by Crippen LogP contribution is -2.48. The van der Waals surface area contributed by atoms with Crippen LogP contribution in [-0.2, 0) is 13.1 Å². The zero-order valence-electron chi connectivity index (χ0n) is 12.1. The van der Waals surface area contributed by atoms with Gasteiger partial charge in [-0.25, -0.2) is 0 Å². The predicted octanol–water partition coefficient (Wildman–Crippen LogP) is 3.68. The van der Waals surface area contributed by atoms with Crippen molar-refractivity contribution in [3.8, 4) is 0 Å². The van der Waals surface area contributed by atoms with Gasteiger partial charge in [0, 0.05) is 26.2 Å². The largest absolute Gasteiger partial charge is 0.345 e. The van der Waals surface area contributed by atoms with Crippen LogP contribution in [0.4, 0.5) is 0 Å². The number of benzene rings is 2. The summed E-state index contributed by atoms with van der Waals surface area (Å²) in [5.41, 5.74) is 2.64. The highest BCUT2D eigenvalue weighted by Crippen LogP contribution is 2.16. The van der Waals surface area contributed by atoms with Gasteiger partial charge in [0.25, 0.3) is 0 Å². The Kier molecular flexibility index (Phi) is 4.51. The fourth-order valence-electron chi connectivity index (χ4n) is 2.74. The molecular formula is C18H20N2S. The second-order valence-corrected chi connectivity index (χ2v) is 5.82. The third-order valence-electron chi connectivity index (χ3n) is 3.83. The van der Waals surface area contributed by atoms with Crippen LogP contribution in [-0.4, -0.2) is 28.0 Å². The minimum atomic E-state index is 0.908. The lowest BCUT2D eigenvalue weighted by atomic mass is 10.1. The van der Waals surface area contributed by atoms with Crippen LogP contribution in [0.5, 0.6) is 0 Å². The Morgan fingerprint density at radius 1 is 0.714 bits per heavy atom. The topological polar surface area (TPSA) is 6.48 Å². The van der Waals surface area contributed by atoms with Gasteiger partial charge in [-0.1, -0.05) is 60.7 Å². The van der Waals surface area contributed by atoms with E-state index >= 15 is 0 Å². The Morgan fingerprint density at radius 2 is 1.14 bits per heavy atom. The van der Waals surface area contributed by atoms with Gasteiger partial charge in [-0.15, -0.1) is 0 Å². The highest BCUT2D eigenvalue weighted by atomic mass is 32.1. The maximum Gasteiger partial charge on any atom is 0.172 e. The molecule has 1 heterocycles. The van der Waals surface area contributed by atoms with Crippen molar-refractivity contribution in [2.24, 2.45) is 0 Å². The zero-order chi connectivity index (χ0) is 14.5. The average Bonchev–Trinajstić information content (AvgIpc) is 2.53. The van der Waals surface area contributed by atoms with Gasteiger partial charge in [-0.3, -0.25) is 0 Å². The molecule has 0 radical (unpaired) electrons. The predicted molar refractivity (Wildman–Crippen MR) is 90.9 cm³/mol. The maximum absolute atomic E-state index is 5.70. The third kappa shape index (κ3) is 3.61. The van der Waals surface area contributed by atoms with Gasteiger partial charge >= 0.3 is 0 Å². The summed E-state index contributed by atoms with van der Waals surface area (Å²) in [4.78, 5) is 4.63. The van der Waals surface area contributed by atoms with Crippen LogP contribution in [0.3, 0.4) is 0 Å². The fraction of sp³-hybridized carbons (Fsp3) is 0.278. The molecule has 0 bridgehead atoms. The Balaban J connectivity index is 1.66. The van der Waals surface area contributed by atoms with E-state index in [0.717, 1.165) is 31.3 Å². The van der Waals surface area contributed by atoms with Crippen molar-refractivity contribution in [3.63, 3.8) is 0 Å². The van der Waals surface area contributed by atoms with Gasteiger partial charge in [-0.05, 0) is 29.8 Å². The second kappa shape index (κ2) is 6.72. The molecule has 2 nitrogen and oxygen atoms in total. The number of hydrogen-bond donors (Lipinski definition) is 0. The first-order chi connectivity index (χ1) is 10.3. The molecule has 1 aliphatic rings. The van der Waals surface area contributed by atoms with Crippen LogP contribution in [0.25, 0.3) is 0 Å². The summed E-state index contributed by atoms with van der Waals surface area (Å²) < 4.78 is 0. The van der Waals surface area contributed by atoms with E-state index in [-0.39, 0.29) is 0 Å². The molecule has 0 aromatic heterocycles. The van der Waals surface area contributed by atoms with E-state index in [4.69, 9.17) is 12.2 Å². The van der Waals surface area contributed by atoms with Crippen LogP contribution in [0.2, 0.25) is 0 Å². The molecular weight excluding hydrogens is 276 g/mol. The molecule has 0 N–H and O–H groups in total. The van der Waals surface area contributed by atoms with E-state index in [1.807, 2.05) is 0 Å². The molecule has 0 atom stereocenters. The lowest BCUT2D eigenvalue weighted by molar-refractivity contribution is 0.257. The van der Waals surface area contributed by atoms with E-state index in [2.05, 4.69) is 70.5 Å². The van der Waals surface area contributed by atoms with E-state index in [1.165, 1.54) is 17.5 Å². The fourth-order valence-corrected chi connectivity index (χ4v) is 3.06. The van der Waals surface area contributed by atoms with Crippen LogP contribution in [0.1, 0.15) is 17.5 Å². The minimum Gasteiger partial charge on any atom is -0.345 e. The van der Waals surface area contributed by atoms with Crippen LogP contribution in [0, 0.1) is 0 Å². The van der Waals surface area contributed by atoms with E-state index in [9.17, 15) is 0 Å². The number of nitrogens with zero attached hydrogens (tertiary/aromatic N) is 2. The SMILES string of the molecule is S=C1N(Cc2ccccc2)CCCN1Cc1ccccc1. The van der Waals surface area contributed by atoms with Crippen molar-refractivity contribution < 1.29 is 0 Å². The smallest absolute Gasteiger partial charge is 0.172 e. The van der Waals surface area contributed by atoms with Gasteiger partial charge in [0.05, 0.1) is 0 Å². The second-order valence-electron chi connectivity index (χ2n) is 5.45. The van der Waals surface area contributed by atoms with Crippen molar-refractivity contribution in [1.29, 1.82) is 0 Å². The first-order valence-corrected chi connectivity index (χ1v) is 7.85. The number of thiocarbonyl (C=S) groups is 1. The average molecular weight is 296 g/mol. The van der Waals surface area contributed by atoms with Gasteiger partial charge in [0.2, 0.25) is 0 Å². The van der Waals surface area contributed by atoms with Gasteiger partial charge < -0.3 is 9.80 Å². The molecule has 0 saturated carbocycles. The van der Waals surface area contributed by atoms with E-state index in [1.54, 1.807) is 0 Å². The van der Waals surface area contributed by atoms with Crippen LogP contribution in [0.15, 0.2) is 60.7 Å². The van der Waals surface area contributed by atoms with Crippen molar-refractivity contribution in [1.82, 2.24) is 9.80 Å². The molecule has 1 saturated heterocycles. The molecule has 21 heavy (non-hydrogen) atoms. The Hall–Kier alpha value is -1.87. The zero-order valence-corrected chi connectivity index (χ0v) is 12.9. The minimum absolute atomic E-state index is 0.908. The molecule has 1 fully saturated rings. The third-order valence-corrected chi connectivity index (χ3v) is 4.35. The highest BCUT2D eigenvalue weighted by Gasteiger charge is 2.21. The van der Waals surface area contributed by atoms with Gasteiger partial charge in [-0.2, -0.15) is 0 Å². The summed E-state index contributed by atoms with van der Waals surface area (Å²) in [7, 11) is 0. The molecule has 0 aliphatic carbocycles. The highest BCUT2D eigenvalue weighted by molar-refractivity contribution is 7.80. The molecule has 3 rings (SSSR count). The molecule has 3 heteroatoms. The van der Waals surface area contributed by atoms with Gasteiger partial charge in [0.1, 0.15) is 0 Å². The normalized spacial score (nSPS) is 15.3. The molecule has 108 valence electrons. The Bertz CT molecular complexity index is 531.